The molecule has 0 radical (unpaired) electrons. The van der Waals surface area contributed by atoms with Crippen molar-refractivity contribution in [2.45, 2.75) is 63.2 Å². The Bertz CT molecular complexity index is 841. The molecule has 2 aliphatic rings. The van der Waals surface area contributed by atoms with Gasteiger partial charge in [-0.05, 0) is 31.9 Å². The summed E-state index contributed by atoms with van der Waals surface area (Å²) in [6, 6.07) is 9.20. The maximum absolute atomic E-state index is 12.7. The van der Waals surface area contributed by atoms with Crippen molar-refractivity contribution in [1.29, 1.82) is 5.26 Å². The van der Waals surface area contributed by atoms with Gasteiger partial charge in [0.25, 0.3) is 11.8 Å². The highest BCUT2D eigenvalue weighted by molar-refractivity contribution is 5.99. The number of fused-ring (bicyclic) bond motifs is 1. The molecule has 1 N–H and O–H groups in total. The third-order valence-corrected chi connectivity index (χ3v) is 5.58. The van der Waals surface area contributed by atoms with Gasteiger partial charge < -0.3 is 19.7 Å². The van der Waals surface area contributed by atoms with Crippen LogP contribution in [-0.2, 0) is 19.1 Å². The van der Waals surface area contributed by atoms with Gasteiger partial charge in [0.15, 0.2) is 12.2 Å². The van der Waals surface area contributed by atoms with Gasteiger partial charge in [-0.25, -0.2) is 0 Å². The van der Waals surface area contributed by atoms with Gasteiger partial charge in [0.1, 0.15) is 11.3 Å². The van der Waals surface area contributed by atoms with E-state index in [1.807, 2.05) is 0 Å². The maximum atomic E-state index is 12.7. The van der Waals surface area contributed by atoms with Crippen LogP contribution in [0, 0.1) is 11.3 Å². The Morgan fingerprint density at radius 2 is 2.03 bits per heavy atom. The average molecular weight is 399 g/mol. The number of hydrogen-bond acceptors (Lipinski definition) is 6. The van der Waals surface area contributed by atoms with Crippen LogP contribution in [0.2, 0.25) is 0 Å². The second kappa shape index (κ2) is 8.52. The second-order valence-electron chi connectivity index (χ2n) is 7.53. The molecule has 1 aromatic carbocycles. The number of amides is 2. The number of esters is 1. The number of nitrogens with one attached hydrogen (secondary N) is 1. The van der Waals surface area contributed by atoms with E-state index in [4.69, 9.17) is 9.47 Å². The number of carbonyl (C=O) groups excluding carboxylic acids is 3. The number of anilines is 1. The lowest BCUT2D eigenvalue weighted by Crippen LogP contribution is -2.53. The zero-order valence-corrected chi connectivity index (χ0v) is 16.6. The highest BCUT2D eigenvalue weighted by Gasteiger charge is 2.41. The molecule has 1 fully saturated rings. The van der Waals surface area contributed by atoms with Crippen LogP contribution in [0.4, 0.5) is 5.69 Å². The fourth-order valence-corrected chi connectivity index (χ4v) is 3.82. The topological polar surface area (TPSA) is 109 Å². The Balaban J connectivity index is 1.58. The number of ether oxygens (including phenoxy) is 2. The molecule has 0 bridgehead atoms. The first-order valence-corrected chi connectivity index (χ1v) is 9.81. The molecule has 154 valence electrons. The van der Waals surface area contributed by atoms with E-state index >= 15 is 0 Å². The molecule has 1 aromatic rings. The van der Waals surface area contributed by atoms with Crippen molar-refractivity contribution in [2.24, 2.45) is 0 Å². The van der Waals surface area contributed by atoms with E-state index < -0.39 is 35.5 Å². The molecule has 8 heteroatoms. The fourth-order valence-electron chi connectivity index (χ4n) is 3.82. The summed E-state index contributed by atoms with van der Waals surface area (Å²) in [6.07, 6.45) is 1.64. The highest BCUT2D eigenvalue weighted by Crippen LogP contribution is 2.33. The van der Waals surface area contributed by atoms with Gasteiger partial charge in [-0.15, -0.1) is 0 Å². The van der Waals surface area contributed by atoms with E-state index in [0.29, 0.717) is 24.3 Å². The molecule has 1 aliphatic carbocycles. The van der Waals surface area contributed by atoms with Crippen molar-refractivity contribution in [3.8, 4) is 11.8 Å². The SMILES string of the molecule is C[C@H](OC(=O)C[C@H]1Oc2ccccc2NC1=O)C(=O)N(C)C1(C#N)CCCCC1. The Hall–Kier alpha value is -3.08. The van der Waals surface area contributed by atoms with Gasteiger partial charge in [0.05, 0.1) is 18.2 Å². The number of nitrogens with zero attached hydrogens (tertiary/aromatic N) is 2. The van der Waals surface area contributed by atoms with Crippen LogP contribution in [0.1, 0.15) is 45.4 Å². The minimum atomic E-state index is -1.06. The lowest BCUT2D eigenvalue weighted by Gasteiger charge is -2.39. The molecule has 1 heterocycles. The molecule has 0 unspecified atom stereocenters. The van der Waals surface area contributed by atoms with Gasteiger partial charge in [-0.1, -0.05) is 31.4 Å². The smallest absolute Gasteiger partial charge is 0.310 e. The zero-order chi connectivity index (χ0) is 21.0. The minimum absolute atomic E-state index is 0.315. The number of nitriles is 1. The van der Waals surface area contributed by atoms with Crippen LogP contribution in [-0.4, -0.2) is 47.5 Å². The Kier molecular flexibility index (Phi) is 6.06. The average Bonchev–Trinajstić information content (AvgIpc) is 2.73. The van der Waals surface area contributed by atoms with Crippen molar-refractivity contribution < 1.29 is 23.9 Å². The number of carbonyl (C=O) groups is 3. The third-order valence-electron chi connectivity index (χ3n) is 5.58. The summed E-state index contributed by atoms with van der Waals surface area (Å²) < 4.78 is 10.8. The van der Waals surface area contributed by atoms with Crippen LogP contribution >= 0.6 is 0 Å². The number of rotatable bonds is 5. The molecule has 3 rings (SSSR count). The summed E-state index contributed by atoms with van der Waals surface area (Å²) >= 11 is 0. The molecule has 1 aliphatic heterocycles. The molecule has 8 nitrogen and oxygen atoms in total. The summed E-state index contributed by atoms with van der Waals surface area (Å²) in [5, 5.41) is 12.3. The van der Waals surface area contributed by atoms with Crippen molar-refractivity contribution in [3.05, 3.63) is 24.3 Å². The second-order valence-corrected chi connectivity index (χ2v) is 7.53. The Labute approximate surface area is 169 Å². The molecule has 2 amide bonds. The van der Waals surface area contributed by atoms with Crippen LogP contribution in [0.15, 0.2) is 24.3 Å². The largest absolute Gasteiger partial charge is 0.478 e. The van der Waals surface area contributed by atoms with Crippen molar-refractivity contribution in [3.63, 3.8) is 0 Å². The van der Waals surface area contributed by atoms with E-state index in [9.17, 15) is 19.6 Å². The summed E-state index contributed by atoms with van der Waals surface area (Å²) in [5.41, 5.74) is -0.312. The van der Waals surface area contributed by atoms with E-state index in [2.05, 4.69) is 11.4 Å². The third kappa shape index (κ3) is 4.34. The summed E-state index contributed by atoms with van der Waals surface area (Å²) in [7, 11) is 1.58. The molecule has 1 saturated carbocycles. The van der Waals surface area contributed by atoms with E-state index in [1.54, 1.807) is 31.3 Å². The van der Waals surface area contributed by atoms with Crippen molar-refractivity contribution >= 4 is 23.5 Å². The van der Waals surface area contributed by atoms with Gasteiger partial charge >= 0.3 is 5.97 Å². The molecule has 0 saturated heterocycles. The van der Waals surface area contributed by atoms with Gasteiger partial charge in [-0.2, -0.15) is 5.26 Å². The van der Waals surface area contributed by atoms with Gasteiger partial charge in [-0.3, -0.25) is 14.4 Å². The fraction of sp³-hybridized carbons (Fsp3) is 0.524. The van der Waals surface area contributed by atoms with E-state index in [0.717, 1.165) is 19.3 Å². The normalized spacial score (nSPS) is 20.9. The first-order chi connectivity index (χ1) is 13.9. The van der Waals surface area contributed by atoms with Gasteiger partial charge in [0.2, 0.25) is 0 Å². The lowest BCUT2D eigenvalue weighted by molar-refractivity contribution is -0.162. The van der Waals surface area contributed by atoms with Crippen molar-refractivity contribution in [2.75, 3.05) is 12.4 Å². The molecular weight excluding hydrogens is 374 g/mol. The molecule has 2 atom stereocenters. The first-order valence-electron chi connectivity index (χ1n) is 9.81. The first kappa shape index (κ1) is 20.6. The summed E-state index contributed by atoms with van der Waals surface area (Å²) in [5.74, 6) is -1.11. The molecular formula is C21H25N3O5. The standard InChI is InChI=1S/C21H25N3O5/c1-14(20(27)24(2)21(13-22)10-6-3-7-11-21)28-18(25)12-17-19(26)23-15-8-4-5-9-16(15)29-17/h4-5,8-9,14,17H,3,6-7,10-12H2,1-2H3,(H,23,26)/t14-,17+/m0/s1. The number of likely N-dealkylation sites (N-methyl/N-ethyl adjacent to an activating group) is 1. The molecule has 0 aromatic heterocycles. The van der Waals surface area contributed by atoms with Crippen LogP contribution in [0.5, 0.6) is 5.75 Å². The minimum Gasteiger partial charge on any atom is -0.478 e. The molecule has 29 heavy (non-hydrogen) atoms. The molecule has 0 spiro atoms. The summed E-state index contributed by atoms with van der Waals surface area (Å²) in [6.45, 7) is 1.47. The number of para-hydroxylation sites is 2. The highest BCUT2D eigenvalue weighted by atomic mass is 16.6. The number of benzene rings is 1. The Morgan fingerprint density at radius 1 is 1.34 bits per heavy atom. The summed E-state index contributed by atoms with van der Waals surface area (Å²) in [4.78, 5) is 38.6. The maximum Gasteiger partial charge on any atom is 0.310 e. The lowest BCUT2D eigenvalue weighted by atomic mass is 9.81. The van der Waals surface area contributed by atoms with Gasteiger partial charge in [0, 0.05) is 7.05 Å². The van der Waals surface area contributed by atoms with Crippen LogP contribution < -0.4 is 10.1 Å². The van der Waals surface area contributed by atoms with E-state index in [-0.39, 0.29) is 6.42 Å². The number of hydrogen-bond donors (Lipinski definition) is 1. The Morgan fingerprint density at radius 3 is 2.72 bits per heavy atom. The van der Waals surface area contributed by atoms with Crippen molar-refractivity contribution in [1.82, 2.24) is 4.90 Å². The van der Waals surface area contributed by atoms with E-state index in [1.165, 1.54) is 11.8 Å². The predicted octanol–water partition coefficient (Wildman–Crippen LogP) is 2.39. The predicted molar refractivity (Wildman–Crippen MR) is 104 cm³/mol. The monoisotopic (exact) mass is 399 g/mol. The zero-order valence-electron chi connectivity index (χ0n) is 16.6. The van der Waals surface area contributed by atoms with Crippen LogP contribution in [0.3, 0.4) is 0 Å². The quantitative estimate of drug-likeness (QED) is 0.762. The van der Waals surface area contributed by atoms with Crippen LogP contribution in [0.25, 0.3) is 0 Å².